The zero-order chi connectivity index (χ0) is 17.1. The summed E-state index contributed by atoms with van der Waals surface area (Å²) in [6, 6.07) is 3.68. The van der Waals surface area contributed by atoms with Gasteiger partial charge in [0.2, 0.25) is 0 Å². The van der Waals surface area contributed by atoms with Crippen LogP contribution >= 0.6 is 0 Å². The number of morpholine rings is 1. The Labute approximate surface area is 142 Å². The number of carbonyl (C=O) groups is 1. The molecule has 0 atom stereocenters. The van der Waals surface area contributed by atoms with Gasteiger partial charge in [-0.25, -0.2) is 0 Å². The SMILES string of the molecule is CCn1c(C)c(N2CCOCC2)c(C)c1C(=O)NCc1ccco1. The predicted octanol–water partition coefficient (Wildman–Crippen LogP) is 2.48. The molecule has 6 heteroatoms. The number of furan rings is 1. The number of rotatable bonds is 5. The summed E-state index contributed by atoms with van der Waals surface area (Å²) in [5.41, 5.74) is 4.08. The van der Waals surface area contributed by atoms with Crippen molar-refractivity contribution in [1.29, 1.82) is 0 Å². The average molecular weight is 331 g/mol. The smallest absolute Gasteiger partial charge is 0.268 e. The molecule has 1 N–H and O–H groups in total. The highest BCUT2D eigenvalue weighted by molar-refractivity contribution is 5.96. The topological polar surface area (TPSA) is 59.6 Å². The van der Waals surface area contributed by atoms with Crippen molar-refractivity contribution < 1.29 is 13.9 Å². The van der Waals surface area contributed by atoms with Gasteiger partial charge in [-0.2, -0.15) is 0 Å². The molecule has 3 rings (SSSR count). The summed E-state index contributed by atoms with van der Waals surface area (Å²) < 4.78 is 12.8. The van der Waals surface area contributed by atoms with Crippen LogP contribution in [0.5, 0.6) is 0 Å². The fourth-order valence-corrected chi connectivity index (χ4v) is 3.49. The maximum atomic E-state index is 12.8. The quantitative estimate of drug-likeness (QED) is 0.914. The third kappa shape index (κ3) is 3.06. The van der Waals surface area contributed by atoms with Crippen LogP contribution in [0, 0.1) is 13.8 Å². The number of carbonyl (C=O) groups excluding carboxylic acids is 1. The molecular weight excluding hydrogens is 306 g/mol. The van der Waals surface area contributed by atoms with Crippen molar-refractivity contribution in [3.8, 4) is 0 Å². The fourth-order valence-electron chi connectivity index (χ4n) is 3.49. The Hall–Kier alpha value is -2.21. The minimum absolute atomic E-state index is 0.0617. The Kier molecular flexibility index (Phi) is 4.94. The van der Waals surface area contributed by atoms with Crippen molar-refractivity contribution in [2.45, 2.75) is 33.9 Å². The van der Waals surface area contributed by atoms with Crippen LogP contribution in [-0.2, 0) is 17.8 Å². The lowest BCUT2D eigenvalue weighted by Gasteiger charge is -2.29. The summed E-state index contributed by atoms with van der Waals surface area (Å²) in [4.78, 5) is 15.1. The number of ether oxygens (including phenoxy) is 1. The van der Waals surface area contributed by atoms with Crippen LogP contribution in [0.1, 0.15) is 34.4 Å². The first-order valence-corrected chi connectivity index (χ1v) is 8.46. The van der Waals surface area contributed by atoms with E-state index < -0.39 is 0 Å². The zero-order valence-electron chi connectivity index (χ0n) is 14.6. The molecule has 2 aromatic rings. The highest BCUT2D eigenvalue weighted by atomic mass is 16.5. The van der Waals surface area contributed by atoms with E-state index in [9.17, 15) is 4.79 Å². The molecule has 0 spiro atoms. The van der Waals surface area contributed by atoms with Crippen LogP contribution < -0.4 is 10.2 Å². The first kappa shape index (κ1) is 16.6. The van der Waals surface area contributed by atoms with Crippen molar-refractivity contribution >= 4 is 11.6 Å². The van der Waals surface area contributed by atoms with Crippen LogP contribution in [0.3, 0.4) is 0 Å². The number of aromatic nitrogens is 1. The molecule has 130 valence electrons. The third-order valence-corrected chi connectivity index (χ3v) is 4.59. The van der Waals surface area contributed by atoms with E-state index in [0.717, 1.165) is 55.6 Å². The maximum absolute atomic E-state index is 12.8. The Morgan fingerprint density at radius 2 is 2.04 bits per heavy atom. The standard InChI is InChI=1S/C18H25N3O3/c1-4-21-14(3)16(20-7-10-23-11-8-20)13(2)17(21)18(22)19-12-15-6-5-9-24-15/h5-6,9H,4,7-8,10-12H2,1-3H3,(H,19,22). The number of hydrogen-bond acceptors (Lipinski definition) is 4. The molecular formula is C18H25N3O3. The van der Waals surface area contributed by atoms with Gasteiger partial charge in [-0.3, -0.25) is 4.79 Å². The molecule has 2 aromatic heterocycles. The highest BCUT2D eigenvalue weighted by Crippen LogP contribution is 2.31. The van der Waals surface area contributed by atoms with Crippen LogP contribution in [0.15, 0.2) is 22.8 Å². The van der Waals surface area contributed by atoms with E-state index >= 15 is 0 Å². The monoisotopic (exact) mass is 331 g/mol. The van der Waals surface area contributed by atoms with Gasteiger partial charge in [-0.05, 0) is 32.9 Å². The molecule has 3 heterocycles. The van der Waals surface area contributed by atoms with Crippen molar-refractivity contribution in [2.75, 3.05) is 31.2 Å². The number of nitrogens with zero attached hydrogens (tertiary/aromatic N) is 2. The zero-order valence-corrected chi connectivity index (χ0v) is 14.6. The third-order valence-electron chi connectivity index (χ3n) is 4.59. The second kappa shape index (κ2) is 7.13. The molecule has 0 aliphatic carbocycles. The maximum Gasteiger partial charge on any atom is 0.268 e. The van der Waals surface area contributed by atoms with Crippen LogP contribution in [0.2, 0.25) is 0 Å². The lowest BCUT2D eigenvalue weighted by atomic mass is 10.2. The van der Waals surface area contributed by atoms with Gasteiger partial charge in [0, 0.05) is 30.9 Å². The first-order chi connectivity index (χ1) is 11.6. The van der Waals surface area contributed by atoms with Gasteiger partial charge in [-0.15, -0.1) is 0 Å². The average Bonchev–Trinajstić information content (AvgIpc) is 3.19. The van der Waals surface area contributed by atoms with Crippen LogP contribution in [0.4, 0.5) is 5.69 Å². The molecule has 1 fully saturated rings. The molecule has 0 aromatic carbocycles. The Bertz CT molecular complexity index is 698. The minimum atomic E-state index is -0.0617. The lowest BCUT2D eigenvalue weighted by molar-refractivity contribution is 0.0938. The summed E-state index contributed by atoms with van der Waals surface area (Å²) in [7, 11) is 0. The molecule has 24 heavy (non-hydrogen) atoms. The predicted molar refractivity (Wildman–Crippen MR) is 92.5 cm³/mol. The van der Waals surface area contributed by atoms with Gasteiger partial charge in [0.05, 0.1) is 31.7 Å². The van der Waals surface area contributed by atoms with Crippen molar-refractivity contribution in [3.05, 3.63) is 41.1 Å². The highest BCUT2D eigenvalue weighted by Gasteiger charge is 2.26. The number of nitrogens with one attached hydrogen (secondary N) is 1. The van der Waals surface area contributed by atoms with Crippen molar-refractivity contribution in [2.24, 2.45) is 0 Å². The molecule has 0 unspecified atom stereocenters. The summed E-state index contributed by atoms with van der Waals surface area (Å²) >= 11 is 0. The molecule has 6 nitrogen and oxygen atoms in total. The van der Waals surface area contributed by atoms with Crippen LogP contribution in [-0.4, -0.2) is 36.8 Å². The number of amides is 1. The molecule has 0 bridgehead atoms. The lowest BCUT2D eigenvalue weighted by Crippen LogP contribution is -2.36. The van der Waals surface area contributed by atoms with Crippen molar-refractivity contribution in [3.63, 3.8) is 0 Å². The summed E-state index contributed by atoms with van der Waals surface area (Å²) in [5.74, 6) is 0.689. The van der Waals surface area contributed by atoms with Gasteiger partial charge in [0.15, 0.2) is 0 Å². The second-order valence-electron chi connectivity index (χ2n) is 6.01. The summed E-state index contributed by atoms with van der Waals surface area (Å²) in [6.07, 6.45) is 1.61. The van der Waals surface area contributed by atoms with E-state index in [4.69, 9.17) is 9.15 Å². The Morgan fingerprint density at radius 1 is 1.29 bits per heavy atom. The van der Waals surface area contributed by atoms with Gasteiger partial charge in [-0.1, -0.05) is 0 Å². The van der Waals surface area contributed by atoms with E-state index in [1.165, 1.54) is 5.69 Å². The van der Waals surface area contributed by atoms with E-state index in [0.29, 0.717) is 6.54 Å². The van der Waals surface area contributed by atoms with Gasteiger partial charge < -0.3 is 23.9 Å². The van der Waals surface area contributed by atoms with E-state index in [1.807, 2.05) is 19.1 Å². The Morgan fingerprint density at radius 3 is 2.67 bits per heavy atom. The van der Waals surface area contributed by atoms with Crippen LogP contribution in [0.25, 0.3) is 0 Å². The number of anilines is 1. The van der Waals surface area contributed by atoms with Gasteiger partial charge in [0.1, 0.15) is 11.5 Å². The normalized spacial score (nSPS) is 14.9. The number of hydrogen-bond donors (Lipinski definition) is 1. The van der Waals surface area contributed by atoms with Crippen molar-refractivity contribution in [1.82, 2.24) is 9.88 Å². The second-order valence-corrected chi connectivity index (χ2v) is 6.01. The summed E-state index contributed by atoms with van der Waals surface area (Å²) in [6.45, 7) is 10.5. The Balaban J connectivity index is 1.87. The molecule has 1 aliphatic rings. The van der Waals surface area contributed by atoms with E-state index in [1.54, 1.807) is 6.26 Å². The molecule has 1 aliphatic heterocycles. The molecule has 1 amide bonds. The largest absolute Gasteiger partial charge is 0.467 e. The minimum Gasteiger partial charge on any atom is -0.467 e. The van der Waals surface area contributed by atoms with E-state index in [2.05, 4.69) is 28.6 Å². The summed E-state index contributed by atoms with van der Waals surface area (Å²) in [5, 5.41) is 2.96. The molecule has 0 saturated carbocycles. The molecule has 1 saturated heterocycles. The van der Waals surface area contributed by atoms with Gasteiger partial charge >= 0.3 is 0 Å². The molecule has 0 radical (unpaired) electrons. The van der Waals surface area contributed by atoms with Gasteiger partial charge in [0.25, 0.3) is 5.91 Å². The van der Waals surface area contributed by atoms with E-state index in [-0.39, 0.29) is 5.91 Å². The first-order valence-electron chi connectivity index (χ1n) is 8.46. The fraction of sp³-hybridized carbons (Fsp3) is 0.500.